The summed E-state index contributed by atoms with van der Waals surface area (Å²) in [5.41, 5.74) is 1.19. The van der Waals surface area contributed by atoms with Crippen LogP contribution in [0.3, 0.4) is 0 Å². The second kappa shape index (κ2) is 7.92. The van der Waals surface area contributed by atoms with Gasteiger partial charge < -0.3 is 9.64 Å². The van der Waals surface area contributed by atoms with Gasteiger partial charge in [-0.1, -0.05) is 25.1 Å². The van der Waals surface area contributed by atoms with Crippen molar-refractivity contribution in [2.45, 2.75) is 13.3 Å². The molecule has 1 N–H and O–H groups in total. The lowest BCUT2D eigenvalue weighted by Crippen LogP contribution is -2.52. The molecule has 22 heavy (non-hydrogen) atoms. The Kier molecular flexibility index (Phi) is 6.19. The van der Waals surface area contributed by atoms with E-state index in [1.807, 2.05) is 18.2 Å². The van der Waals surface area contributed by atoms with E-state index >= 15 is 0 Å². The molecule has 0 bridgehead atoms. The maximum Gasteiger partial charge on any atom is 0.279 e. The van der Waals surface area contributed by atoms with Crippen LogP contribution in [0.2, 0.25) is 0 Å². The molecule has 1 aromatic rings. The zero-order valence-corrected chi connectivity index (χ0v) is 14.1. The van der Waals surface area contributed by atoms with Crippen LogP contribution in [-0.2, 0) is 16.6 Å². The van der Waals surface area contributed by atoms with Gasteiger partial charge in [0.1, 0.15) is 5.75 Å². The third-order valence-corrected chi connectivity index (χ3v) is 5.59. The number of methoxy groups -OCH3 is 1. The lowest BCUT2D eigenvalue weighted by atomic mass is 10.1. The number of piperazine rings is 1. The van der Waals surface area contributed by atoms with Crippen LogP contribution in [0.15, 0.2) is 24.3 Å². The van der Waals surface area contributed by atoms with Crippen LogP contribution in [-0.4, -0.2) is 64.0 Å². The molecular weight excluding hydrogens is 302 g/mol. The molecule has 1 fully saturated rings. The molecule has 0 unspecified atom stereocenters. The van der Waals surface area contributed by atoms with Gasteiger partial charge in [-0.2, -0.15) is 12.7 Å². The van der Waals surface area contributed by atoms with E-state index in [9.17, 15) is 8.42 Å². The second-order valence-corrected chi connectivity index (χ2v) is 7.06. The summed E-state index contributed by atoms with van der Waals surface area (Å²) in [7, 11) is -1.61. The number of para-hydroxylation sites is 1. The minimum atomic E-state index is -3.30. The average molecular weight is 327 g/mol. The topological polar surface area (TPSA) is 61.9 Å². The van der Waals surface area contributed by atoms with E-state index in [1.54, 1.807) is 14.0 Å². The van der Waals surface area contributed by atoms with Crippen molar-refractivity contribution in [3.8, 4) is 5.75 Å². The summed E-state index contributed by atoms with van der Waals surface area (Å²) in [5.74, 6) is 0.913. The normalized spacial score (nSPS) is 17.5. The molecule has 124 valence electrons. The van der Waals surface area contributed by atoms with Gasteiger partial charge in [-0.15, -0.1) is 0 Å². The zero-order valence-electron chi connectivity index (χ0n) is 13.3. The van der Waals surface area contributed by atoms with Crippen molar-refractivity contribution < 1.29 is 13.2 Å². The Morgan fingerprint density at radius 1 is 1.18 bits per heavy atom. The van der Waals surface area contributed by atoms with Crippen molar-refractivity contribution >= 4 is 10.2 Å². The summed E-state index contributed by atoms with van der Waals surface area (Å²) >= 11 is 0. The quantitative estimate of drug-likeness (QED) is 0.801. The molecule has 1 aliphatic heterocycles. The molecule has 0 spiro atoms. The molecule has 1 saturated heterocycles. The van der Waals surface area contributed by atoms with E-state index in [0.29, 0.717) is 19.6 Å². The Morgan fingerprint density at radius 3 is 2.50 bits per heavy atom. The van der Waals surface area contributed by atoms with Gasteiger partial charge in [0.25, 0.3) is 10.2 Å². The summed E-state index contributed by atoms with van der Waals surface area (Å²) in [6, 6.07) is 8.02. The number of rotatable bonds is 7. The van der Waals surface area contributed by atoms with Crippen LogP contribution in [0.5, 0.6) is 5.75 Å². The van der Waals surface area contributed by atoms with E-state index in [2.05, 4.69) is 15.7 Å². The van der Waals surface area contributed by atoms with Crippen molar-refractivity contribution in [2.24, 2.45) is 0 Å². The van der Waals surface area contributed by atoms with Gasteiger partial charge >= 0.3 is 0 Å². The van der Waals surface area contributed by atoms with Crippen molar-refractivity contribution in [3.05, 3.63) is 29.8 Å². The third-order valence-electron chi connectivity index (χ3n) is 3.89. The Hall–Kier alpha value is -1.15. The summed E-state index contributed by atoms with van der Waals surface area (Å²) in [6.07, 6.45) is 0.907. The predicted octanol–water partition coefficient (Wildman–Crippen LogP) is 0.710. The minimum Gasteiger partial charge on any atom is -0.496 e. The molecule has 6 nitrogen and oxygen atoms in total. The average Bonchev–Trinajstić information content (AvgIpc) is 2.53. The van der Waals surface area contributed by atoms with E-state index in [1.165, 1.54) is 9.87 Å². The molecule has 1 aliphatic rings. The molecule has 0 saturated carbocycles. The van der Waals surface area contributed by atoms with Gasteiger partial charge in [0.15, 0.2) is 0 Å². The highest BCUT2D eigenvalue weighted by Gasteiger charge is 2.25. The second-order valence-electron chi connectivity index (χ2n) is 5.31. The standard InChI is InChI=1S/C15H25N3O3S/c1-3-16-22(19,20)18-12-10-17(11-13-18)9-8-14-6-4-5-7-15(14)21-2/h4-7,16H,3,8-13H2,1-2H3. The highest BCUT2D eigenvalue weighted by atomic mass is 32.2. The smallest absolute Gasteiger partial charge is 0.279 e. The maximum atomic E-state index is 11.9. The van der Waals surface area contributed by atoms with Crippen LogP contribution in [0.1, 0.15) is 12.5 Å². The van der Waals surface area contributed by atoms with Crippen molar-refractivity contribution in [2.75, 3.05) is 46.4 Å². The fraction of sp³-hybridized carbons (Fsp3) is 0.600. The molecule has 2 rings (SSSR count). The van der Waals surface area contributed by atoms with E-state index in [-0.39, 0.29) is 0 Å². The Labute approximate surface area is 133 Å². The first-order chi connectivity index (χ1) is 10.6. The van der Waals surface area contributed by atoms with Crippen LogP contribution in [0.4, 0.5) is 0 Å². The first-order valence-corrected chi connectivity index (χ1v) is 9.10. The highest BCUT2D eigenvalue weighted by molar-refractivity contribution is 7.87. The number of hydrogen-bond acceptors (Lipinski definition) is 4. The molecule has 1 heterocycles. The third kappa shape index (κ3) is 4.42. The fourth-order valence-corrected chi connectivity index (χ4v) is 3.85. The lowest BCUT2D eigenvalue weighted by molar-refractivity contribution is 0.188. The number of nitrogens with zero attached hydrogens (tertiary/aromatic N) is 2. The fourth-order valence-electron chi connectivity index (χ4n) is 2.66. The van der Waals surface area contributed by atoms with Gasteiger partial charge in [-0.3, -0.25) is 0 Å². The summed E-state index contributed by atoms with van der Waals surface area (Å²) in [6.45, 7) is 5.74. The van der Waals surface area contributed by atoms with E-state index in [0.717, 1.165) is 31.8 Å². The van der Waals surface area contributed by atoms with Gasteiger partial charge in [0.05, 0.1) is 7.11 Å². The number of hydrogen-bond donors (Lipinski definition) is 1. The number of benzene rings is 1. The highest BCUT2D eigenvalue weighted by Crippen LogP contribution is 2.18. The van der Waals surface area contributed by atoms with E-state index < -0.39 is 10.2 Å². The molecular formula is C15H25N3O3S. The van der Waals surface area contributed by atoms with Gasteiger partial charge in [0.2, 0.25) is 0 Å². The summed E-state index contributed by atoms with van der Waals surface area (Å²) < 4.78 is 33.3. The van der Waals surface area contributed by atoms with Crippen LogP contribution in [0.25, 0.3) is 0 Å². The molecule has 1 aromatic carbocycles. The molecule has 7 heteroatoms. The van der Waals surface area contributed by atoms with Crippen LogP contribution in [0, 0.1) is 0 Å². The van der Waals surface area contributed by atoms with E-state index in [4.69, 9.17) is 4.74 Å². The Bertz CT molecular complexity index is 569. The Balaban J connectivity index is 1.83. The Morgan fingerprint density at radius 2 is 1.86 bits per heavy atom. The molecule has 0 amide bonds. The van der Waals surface area contributed by atoms with Crippen LogP contribution < -0.4 is 9.46 Å². The van der Waals surface area contributed by atoms with Crippen molar-refractivity contribution in [3.63, 3.8) is 0 Å². The maximum absolute atomic E-state index is 11.9. The zero-order chi connectivity index (χ0) is 16.0. The SMILES string of the molecule is CCNS(=O)(=O)N1CCN(CCc2ccccc2OC)CC1. The monoisotopic (exact) mass is 327 g/mol. The lowest BCUT2D eigenvalue weighted by Gasteiger charge is -2.33. The largest absolute Gasteiger partial charge is 0.496 e. The molecule has 0 aromatic heterocycles. The van der Waals surface area contributed by atoms with Gasteiger partial charge in [-0.25, -0.2) is 4.72 Å². The molecule has 0 aliphatic carbocycles. The summed E-state index contributed by atoms with van der Waals surface area (Å²) in [4.78, 5) is 2.30. The summed E-state index contributed by atoms with van der Waals surface area (Å²) in [5, 5.41) is 0. The van der Waals surface area contributed by atoms with Crippen LogP contribution >= 0.6 is 0 Å². The van der Waals surface area contributed by atoms with Gasteiger partial charge in [0, 0.05) is 39.3 Å². The molecule has 0 radical (unpaired) electrons. The first kappa shape index (κ1) is 17.2. The van der Waals surface area contributed by atoms with Crippen molar-refractivity contribution in [1.82, 2.24) is 13.9 Å². The van der Waals surface area contributed by atoms with Crippen molar-refractivity contribution in [1.29, 1.82) is 0 Å². The number of nitrogens with one attached hydrogen (secondary N) is 1. The first-order valence-electron chi connectivity index (χ1n) is 7.66. The minimum absolute atomic E-state index is 0.427. The molecule has 0 atom stereocenters. The number of ether oxygens (including phenoxy) is 1. The van der Waals surface area contributed by atoms with Gasteiger partial charge in [-0.05, 0) is 18.1 Å². The predicted molar refractivity (Wildman–Crippen MR) is 87.3 cm³/mol.